The van der Waals surface area contributed by atoms with Crippen LogP contribution in [0.2, 0.25) is 15.1 Å². The zero-order valence-corrected chi connectivity index (χ0v) is 15.7. The van der Waals surface area contributed by atoms with E-state index in [2.05, 4.69) is 20.7 Å². The van der Waals surface area contributed by atoms with Crippen molar-refractivity contribution in [3.63, 3.8) is 0 Å². The molecule has 0 unspecified atom stereocenters. The fourth-order valence-electron chi connectivity index (χ4n) is 2.57. The molecule has 0 aliphatic heterocycles. The summed E-state index contributed by atoms with van der Waals surface area (Å²) < 4.78 is 0. The number of thiophene rings is 1. The second-order valence-electron chi connectivity index (χ2n) is 5.34. The van der Waals surface area contributed by atoms with Gasteiger partial charge in [0.2, 0.25) is 0 Å². The van der Waals surface area contributed by atoms with Gasteiger partial charge in [0.1, 0.15) is 17.0 Å². The first-order chi connectivity index (χ1) is 12.1. The van der Waals surface area contributed by atoms with Gasteiger partial charge in [0.15, 0.2) is 0 Å². The number of nitrogens with zero attached hydrogens (tertiary/aromatic N) is 2. The van der Waals surface area contributed by atoms with Crippen molar-refractivity contribution in [2.75, 3.05) is 5.32 Å². The Bertz CT molecular complexity index is 1040. The highest BCUT2D eigenvalue weighted by atomic mass is 35.5. The molecule has 124 valence electrons. The van der Waals surface area contributed by atoms with Crippen LogP contribution in [0.25, 0.3) is 21.3 Å². The Hall–Kier alpha value is -1.85. The summed E-state index contributed by atoms with van der Waals surface area (Å²) in [5, 5.41) is 8.13. The van der Waals surface area contributed by atoms with Gasteiger partial charge in [0.05, 0.1) is 5.39 Å². The van der Waals surface area contributed by atoms with Crippen LogP contribution in [0.4, 0.5) is 11.5 Å². The molecule has 0 aliphatic rings. The third-order valence-electron chi connectivity index (χ3n) is 3.65. The van der Waals surface area contributed by atoms with Gasteiger partial charge in [0, 0.05) is 31.7 Å². The minimum Gasteiger partial charge on any atom is -0.339 e. The second kappa shape index (κ2) is 6.81. The highest BCUT2D eigenvalue weighted by Crippen LogP contribution is 2.38. The summed E-state index contributed by atoms with van der Waals surface area (Å²) in [5.41, 5.74) is 2.87. The maximum atomic E-state index is 6.09. The first-order valence-electron chi connectivity index (χ1n) is 7.31. The van der Waals surface area contributed by atoms with Crippen molar-refractivity contribution in [3.8, 4) is 11.1 Å². The predicted molar refractivity (Wildman–Crippen MR) is 108 cm³/mol. The normalized spacial score (nSPS) is 11.0. The standard InChI is InChI=1S/C18H10Cl3N3S/c19-11-3-1-10(2-4-11)15-8-25-18-16(15)17(22-9-23-18)24-14-6-12(20)5-13(21)7-14/h1-9H,(H,22,23,24). The summed E-state index contributed by atoms with van der Waals surface area (Å²) >= 11 is 19.7. The minimum atomic E-state index is 0.559. The lowest BCUT2D eigenvalue weighted by atomic mass is 10.1. The Morgan fingerprint density at radius 1 is 0.840 bits per heavy atom. The second-order valence-corrected chi connectivity index (χ2v) is 7.51. The maximum absolute atomic E-state index is 6.09. The van der Waals surface area contributed by atoms with Gasteiger partial charge in [0.25, 0.3) is 0 Å². The lowest BCUT2D eigenvalue weighted by molar-refractivity contribution is 1.23. The molecule has 3 nitrogen and oxygen atoms in total. The molecule has 7 heteroatoms. The average molecular weight is 407 g/mol. The molecule has 0 aliphatic carbocycles. The van der Waals surface area contributed by atoms with Crippen LogP contribution < -0.4 is 5.32 Å². The number of aromatic nitrogens is 2. The zero-order valence-electron chi connectivity index (χ0n) is 12.6. The molecule has 4 aromatic rings. The molecule has 0 fully saturated rings. The SMILES string of the molecule is Clc1ccc(-c2csc3ncnc(Nc4cc(Cl)cc(Cl)c4)c23)cc1. The Morgan fingerprint density at radius 3 is 2.28 bits per heavy atom. The van der Waals surface area contributed by atoms with Gasteiger partial charge < -0.3 is 5.32 Å². The monoisotopic (exact) mass is 405 g/mol. The highest BCUT2D eigenvalue weighted by Gasteiger charge is 2.13. The average Bonchev–Trinajstić information content (AvgIpc) is 3.00. The summed E-state index contributed by atoms with van der Waals surface area (Å²) in [5.74, 6) is 0.703. The minimum absolute atomic E-state index is 0.559. The van der Waals surface area contributed by atoms with Gasteiger partial charge in [-0.05, 0) is 35.9 Å². The zero-order chi connectivity index (χ0) is 17.4. The van der Waals surface area contributed by atoms with Crippen LogP contribution in [-0.2, 0) is 0 Å². The van der Waals surface area contributed by atoms with E-state index in [1.807, 2.05) is 24.3 Å². The number of halogens is 3. The fourth-order valence-corrected chi connectivity index (χ4v) is 4.14. The van der Waals surface area contributed by atoms with E-state index >= 15 is 0 Å². The first kappa shape index (κ1) is 16.6. The molecule has 0 saturated heterocycles. The molecule has 0 atom stereocenters. The Labute approximate surface area is 163 Å². The summed E-state index contributed by atoms with van der Waals surface area (Å²) in [6.45, 7) is 0. The molecule has 0 amide bonds. The molecule has 2 heterocycles. The van der Waals surface area contributed by atoms with Crippen molar-refractivity contribution in [2.24, 2.45) is 0 Å². The van der Waals surface area contributed by atoms with E-state index in [0.717, 1.165) is 27.0 Å². The van der Waals surface area contributed by atoms with E-state index in [1.54, 1.807) is 35.9 Å². The number of benzene rings is 2. The van der Waals surface area contributed by atoms with E-state index < -0.39 is 0 Å². The summed E-state index contributed by atoms with van der Waals surface area (Å²) in [6, 6.07) is 13.0. The van der Waals surface area contributed by atoms with E-state index in [1.165, 1.54) is 0 Å². The molecule has 0 bridgehead atoms. The molecule has 0 radical (unpaired) electrons. The van der Waals surface area contributed by atoms with Crippen LogP contribution >= 0.6 is 46.1 Å². The van der Waals surface area contributed by atoms with Crippen LogP contribution in [0.3, 0.4) is 0 Å². The molecular formula is C18H10Cl3N3S. The summed E-state index contributed by atoms with van der Waals surface area (Å²) in [7, 11) is 0. The predicted octanol–water partition coefficient (Wildman–Crippen LogP) is 7.06. The fraction of sp³-hybridized carbons (Fsp3) is 0. The Balaban J connectivity index is 1.84. The van der Waals surface area contributed by atoms with Gasteiger partial charge in [-0.1, -0.05) is 46.9 Å². The van der Waals surface area contributed by atoms with Crippen LogP contribution in [0.5, 0.6) is 0 Å². The van der Waals surface area contributed by atoms with Crippen LogP contribution in [0, 0.1) is 0 Å². The van der Waals surface area contributed by atoms with E-state index in [4.69, 9.17) is 34.8 Å². The van der Waals surface area contributed by atoms with Crippen LogP contribution in [-0.4, -0.2) is 9.97 Å². The summed E-state index contributed by atoms with van der Waals surface area (Å²) in [6.07, 6.45) is 1.54. The molecule has 1 N–H and O–H groups in total. The van der Waals surface area contributed by atoms with E-state index in [9.17, 15) is 0 Å². The molecule has 2 aromatic heterocycles. The highest BCUT2D eigenvalue weighted by molar-refractivity contribution is 7.17. The number of fused-ring (bicyclic) bond motifs is 1. The van der Waals surface area contributed by atoms with Gasteiger partial charge in [-0.15, -0.1) is 11.3 Å². The topological polar surface area (TPSA) is 37.8 Å². The van der Waals surface area contributed by atoms with Gasteiger partial charge in [-0.3, -0.25) is 0 Å². The third-order valence-corrected chi connectivity index (χ3v) is 5.23. The maximum Gasteiger partial charge on any atom is 0.143 e. The van der Waals surface area contributed by atoms with E-state index in [-0.39, 0.29) is 0 Å². The van der Waals surface area contributed by atoms with Crippen molar-refractivity contribution >= 4 is 67.9 Å². The van der Waals surface area contributed by atoms with Crippen molar-refractivity contribution in [1.29, 1.82) is 0 Å². The van der Waals surface area contributed by atoms with Gasteiger partial charge >= 0.3 is 0 Å². The largest absolute Gasteiger partial charge is 0.339 e. The summed E-state index contributed by atoms with van der Waals surface area (Å²) in [4.78, 5) is 9.68. The van der Waals surface area contributed by atoms with Crippen LogP contribution in [0.1, 0.15) is 0 Å². The van der Waals surface area contributed by atoms with Gasteiger partial charge in [-0.2, -0.15) is 0 Å². The van der Waals surface area contributed by atoms with Crippen molar-refractivity contribution in [2.45, 2.75) is 0 Å². The van der Waals surface area contributed by atoms with Crippen molar-refractivity contribution < 1.29 is 0 Å². The lowest BCUT2D eigenvalue weighted by Crippen LogP contribution is -1.95. The number of nitrogens with one attached hydrogen (secondary N) is 1. The number of hydrogen-bond acceptors (Lipinski definition) is 4. The van der Waals surface area contributed by atoms with Crippen LogP contribution in [0.15, 0.2) is 54.2 Å². The number of anilines is 2. The van der Waals surface area contributed by atoms with Crippen molar-refractivity contribution in [1.82, 2.24) is 9.97 Å². The first-order valence-corrected chi connectivity index (χ1v) is 9.33. The molecule has 0 spiro atoms. The van der Waals surface area contributed by atoms with E-state index in [0.29, 0.717) is 20.9 Å². The number of rotatable bonds is 3. The van der Waals surface area contributed by atoms with Gasteiger partial charge in [-0.25, -0.2) is 9.97 Å². The molecule has 25 heavy (non-hydrogen) atoms. The lowest BCUT2D eigenvalue weighted by Gasteiger charge is -2.09. The molecular weight excluding hydrogens is 397 g/mol. The molecule has 4 rings (SSSR count). The number of hydrogen-bond donors (Lipinski definition) is 1. The smallest absolute Gasteiger partial charge is 0.143 e. The Kier molecular flexibility index (Phi) is 4.52. The quantitative estimate of drug-likeness (QED) is 0.395. The molecule has 2 aromatic carbocycles. The molecule has 0 saturated carbocycles. The van der Waals surface area contributed by atoms with Crippen molar-refractivity contribution in [3.05, 3.63) is 69.2 Å². The Morgan fingerprint density at radius 2 is 1.56 bits per heavy atom. The third kappa shape index (κ3) is 3.44.